The molecule has 124 valence electrons. The van der Waals surface area contributed by atoms with Crippen molar-refractivity contribution in [1.29, 1.82) is 0 Å². The first-order valence-corrected chi connectivity index (χ1v) is 9.39. The van der Waals surface area contributed by atoms with Gasteiger partial charge in [0, 0.05) is 13.1 Å². The summed E-state index contributed by atoms with van der Waals surface area (Å²) in [5.74, 6) is 2.40. The van der Waals surface area contributed by atoms with Crippen LogP contribution in [0.25, 0.3) is 0 Å². The van der Waals surface area contributed by atoms with Gasteiger partial charge in [0.25, 0.3) is 0 Å². The molecule has 0 bridgehead atoms. The molecule has 1 aromatic rings. The highest BCUT2D eigenvalue weighted by molar-refractivity contribution is 8.00. The van der Waals surface area contributed by atoms with Crippen molar-refractivity contribution in [2.24, 2.45) is 0 Å². The van der Waals surface area contributed by atoms with Crippen LogP contribution in [0.3, 0.4) is 0 Å². The van der Waals surface area contributed by atoms with Crippen molar-refractivity contribution >= 4 is 17.7 Å². The van der Waals surface area contributed by atoms with E-state index in [4.69, 9.17) is 9.47 Å². The van der Waals surface area contributed by atoms with Crippen molar-refractivity contribution in [3.8, 4) is 11.5 Å². The third-order valence-corrected chi connectivity index (χ3v) is 6.01. The first-order chi connectivity index (χ1) is 11.3. The molecule has 0 aromatic heterocycles. The third-order valence-electron chi connectivity index (χ3n) is 4.76. The lowest BCUT2D eigenvalue weighted by atomic mass is 10.1. The molecule has 2 saturated heterocycles. The molecular weight excluding hydrogens is 312 g/mol. The normalized spacial score (nSPS) is 24.4. The Bertz CT molecular complexity index is 589. The number of hydrogen-bond acceptors (Lipinski definition) is 5. The smallest absolute Gasteiger partial charge is 0.233 e. The Morgan fingerprint density at radius 1 is 1.09 bits per heavy atom. The minimum absolute atomic E-state index is 0.0989. The summed E-state index contributed by atoms with van der Waals surface area (Å²) < 4.78 is 10.8. The van der Waals surface area contributed by atoms with Crippen molar-refractivity contribution in [2.45, 2.75) is 24.6 Å². The summed E-state index contributed by atoms with van der Waals surface area (Å²) in [6, 6.07) is 6.02. The molecule has 3 aliphatic rings. The van der Waals surface area contributed by atoms with Gasteiger partial charge in [-0.3, -0.25) is 4.79 Å². The number of amides is 1. The Morgan fingerprint density at radius 3 is 2.78 bits per heavy atom. The van der Waals surface area contributed by atoms with Gasteiger partial charge in [0.1, 0.15) is 5.37 Å². The summed E-state index contributed by atoms with van der Waals surface area (Å²) in [7, 11) is 0. The number of likely N-dealkylation sites (tertiary alicyclic amines) is 1. The number of rotatable bonds is 4. The van der Waals surface area contributed by atoms with Crippen LogP contribution < -0.4 is 9.47 Å². The number of hydrogen-bond donors (Lipinski definition) is 0. The molecule has 6 heteroatoms. The quantitative estimate of drug-likeness (QED) is 0.846. The number of benzene rings is 1. The lowest BCUT2D eigenvalue weighted by Gasteiger charge is -2.30. The number of carbonyl (C=O) groups is 1. The average molecular weight is 334 g/mol. The van der Waals surface area contributed by atoms with Gasteiger partial charge < -0.3 is 19.3 Å². The largest absolute Gasteiger partial charge is 0.454 e. The lowest BCUT2D eigenvalue weighted by molar-refractivity contribution is -0.128. The molecule has 0 unspecified atom stereocenters. The molecule has 4 rings (SSSR count). The van der Waals surface area contributed by atoms with Gasteiger partial charge in [-0.2, -0.15) is 0 Å². The summed E-state index contributed by atoms with van der Waals surface area (Å²) >= 11 is 1.71. The highest BCUT2D eigenvalue weighted by Crippen LogP contribution is 2.42. The van der Waals surface area contributed by atoms with Crippen LogP contribution in [0.15, 0.2) is 18.2 Å². The van der Waals surface area contributed by atoms with Gasteiger partial charge in [0.2, 0.25) is 12.7 Å². The van der Waals surface area contributed by atoms with E-state index in [-0.39, 0.29) is 18.1 Å². The van der Waals surface area contributed by atoms with E-state index in [2.05, 4.69) is 11.0 Å². The summed E-state index contributed by atoms with van der Waals surface area (Å²) in [5.41, 5.74) is 1.13. The van der Waals surface area contributed by atoms with E-state index in [1.54, 1.807) is 11.8 Å². The molecule has 5 nitrogen and oxygen atoms in total. The average Bonchev–Trinajstić information content (AvgIpc) is 3.19. The Kier molecular flexibility index (Phi) is 4.35. The molecule has 0 aliphatic carbocycles. The van der Waals surface area contributed by atoms with E-state index in [1.807, 2.05) is 17.0 Å². The predicted molar refractivity (Wildman–Crippen MR) is 89.8 cm³/mol. The van der Waals surface area contributed by atoms with Gasteiger partial charge in [0.15, 0.2) is 11.5 Å². The van der Waals surface area contributed by atoms with E-state index in [0.29, 0.717) is 5.75 Å². The summed E-state index contributed by atoms with van der Waals surface area (Å²) in [5, 5.41) is 0.0989. The van der Waals surface area contributed by atoms with Gasteiger partial charge in [-0.25, -0.2) is 0 Å². The number of ether oxygens (including phenoxy) is 2. The van der Waals surface area contributed by atoms with E-state index in [0.717, 1.165) is 30.2 Å². The fraction of sp³-hybridized carbons (Fsp3) is 0.588. The summed E-state index contributed by atoms with van der Waals surface area (Å²) in [4.78, 5) is 16.8. The van der Waals surface area contributed by atoms with Crippen LogP contribution in [0.4, 0.5) is 0 Å². The maximum absolute atomic E-state index is 12.3. The second-order valence-corrected chi connectivity index (χ2v) is 7.33. The number of fused-ring (bicyclic) bond motifs is 1. The fourth-order valence-electron chi connectivity index (χ4n) is 3.47. The number of nitrogens with zero attached hydrogens (tertiary/aromatic N) is 2. The Morgan fingerprint density at radius 2 is 1.91 bits per heavy atom. The minimum atomic E-state index is 0.0989. The standard InChI is InChI=1S/C17H22N2O3S/c20-16-11-23-17(13-4-5-14-15(10-13)22-12-21-14)19(16)9-8-18-6-2-1-3-7-18/h4-5,10,17H,1-3,6-9,11-12H2/t17-/m1/s1. The second kappa shape index (κ2) is 6.61. The van der Waals surface area contributed by atoms with Crippen molar-refractivity contribution < 1.29 is 14.3 Å². The maximum Gasteiger partial charge on any atom is 0.233 e. The molecule has 0 saturated carbocycles. The molecule has 1 amide bonds. The second-order valence-electron chi connectivity index (χ2n) is 6.27. The molecule has 0 radical (unpaired) electrons. The van der Waals surface area contributed by atoms with E-state index in [9.17, 15) is 4.79 Å². The SMILES string of the molecule is O=C1CS[C@H](c2ccc3c(c2)OCO3)N1CCN1CCCCC1. The van der Waals surface area contributed by atoms with Crippen molar-refractivity contribution in [3.05, 3.63) is 23.8 Å². The zero-order chi connectivity index (χ0) is 15.6. The topological polar surface area (TPSA) is 42.0 Å². The minimum Gasteiger partial charge on any atom is -0.454 e. The van der Waals surface area contributed by atoms with Crippen LogP contribution in [0.2, 0.25) is 0 Å². The number of thioether (sulfide) groups is 1. The zero-order valence-electron chi connectivity index (χ0n) is 13.2. The van der Waals surface area contributed by atoms with Crippen LogP contribution in [-0.2, 0) is 4.79 Å². The highest BCUT2D eigenvalue weighted by atomic mass is 32.2. The van der Waals surface area contributed by atoms with Gasteiger partial charge >= 0.3 is 0 Å². The van der Waals surface area contributed by atoms with Crippen molar-refractivity contribution in [1.82, 2.24) is 9.80 Å². The van der Waals surface area contributed by atoms with Crippen molar-refractivity contribution in [3.63, 3.8) is 0 Å². The van der Waals surface area contributed by atoms with Gasteiger partial charge in [-0.05, 0) is 43.6 Å². The molecular formula is C17H22N2O3S. The summed E-state index contributed by atoms with van der Waals surface area (Å²) in [6.45, 7) is 4.42. The van der Waals surface area contributed by atoms with E-state index < -0.39 is 0 Å². The number of carbonyl (C=O) groups excluding carboxylic acids is 1. The Labute approximate surface area is 140 Å². The van der Waals surface area contributed by atoms with Gasteiger partial charge in [0.05, 0.1) is 5.75 Å². The van der Waals surface area contributed by atoms with Crippen LogP contribution >= 0.6 is 11.8 Å². The molecule has 0 N–H and O–H groups in total. The Hall–Kier alpha value is -1.40. The predicted octanol–water partition coefficient (Wildman–Crippen LogP) is 2.48. The molecule has 23 heavy (non-hydrogen) atoms. The number of piperidine rings is 1. The van der Waals surface area contributed by atoms with Crippen molar-refractivity contribution in [2.75, 3.05) is 38.7 Å². The maximum atomic E-state index is 12.3. The monoisotopic (exact) mass is 334 g/mol. The molecule has 2 fully saturated rings. The molecule has 3 heterocycles. The first kappa shape index (κ1) is 15.1. The van der Waals surface area contributed by atoms with E-state index in [1.165, 1.54) is 32.4 Å². The summed E-state index contributed by atoms with van der Waals surface area (Å²) in [6.07, 6.45) is 3.91. The van der Waals surface area contributed by atoms with Crippen LogP contribution in [0.1, 0.15) is 30.2 Å². The zero-order valence-corrected chi connectivity index (χ0v) is 14.0. The molecule has 1 atom stereocenters. The third kappa shape index (κ3) is 3.15. The van der Waals surface area contributed by atoms with Crippen LogP contribution in [-0.4, -0.2) is 54.4 Å². The van der Waals surface area contributed by atoms with E-state index >= 15 is 0 Å². The lowest BCUT2D eigenvalue weighted by Crippen LogP contribution is -2.39. The molecule has 3 aliphatic heterocycles. The highest BCUT2D eigenvalue weighted by Gasteiger charge is 2.33. The van der Waals surface area contributed by atoms with Crippen LogP contribution in [0, 0.1) is 0 Å². The molecule has 0 spiro atoms. The van der Waals surface area contributed by atoms with Crippen LogP contribution in [0.5, 0.6) is 11.5 Å². The first-order valence-electron chi connectivity index (χ1n) is 8.34. The fourth-order valence-corrected chi connectivity index (χ4v) is 4.68. The van der Waals surface area contributed by atoms with Gasteiger partial charge in [-0.1, -0.05) is 12.5 Å². The molecule has 1 aromatic carbocycles. The van der Waals surface area contributed by atoms with Gasteiger partial charge in [-0.15, -0.1) is 11.8 Å². The Balaban J connectivity index is 1.45.